The Morgan fingerprint density at radius 2 is 2.00 bits per heavy atom. The maximum atomic E-state index is 14.2. The minimum atomic E-state index is -4.14. The molecule has 34 heavy (non-hydrogen) atoms. The number of benzene rings is 3. The van der Waals surface area contributed by atoms with Crippen LogP contribution in [-0.4, -0.2) is 38.7 Å². The molecule has 0 saturated carbocycles. The van der Waals surface area contributed by atoms with Crippen LogP contribution >= 0.6 is 0 Å². The molecule has 1 heterocycles. The minimum absolute atomic E-state index is 0.104. The molecule has 174 valence electrons. The zero-order valence-electron chi connectivity index (χ0n) is 18.0. The zero-order chi connectivity index (χ0) is 24.5. The van der Waals surface area contributed by atoms with Gasteiger partial charge >= 0.3 is 0 Å². The van der Waals surface area contributed by atoms with Crippen molar-refractivity contribution < 1.29 is 27.4 Å². The molecule has 1 atom stereocenters. The molecule has 3 aromatic carbocycles. The van der Waals surface area contributed by atoms with Gasteiger partial charge in [-0.05, 0) is 55.0 Å². The number of sulfonamides is 1. The van der Waals surface area contributed by atoms with E-state index >= 15 is 0 Å². The summed E-state index contributed by atoms with van der Waals surface area (Å²) in [5.74, 6) is -1.17. The fourth-order valence-electron chi connectivity index (χ4n) is 3.68. The lowest BCUT2D eigenvalue weighted by atomic mass is 10.1. The maximum Gasteiger partial charge on any atom is 0.264 e. The predicted octanol–water partition coefficient (Wildman–Crippen LogP) is 3.21. The number of hydrogen-bond acceptors (Lipinski definition) is 6. The van der Waals surface area contributed by atoms with Gasteiger partial charge in [-0.3, -0.25) is 9.10 Å². The smallest absolute Gasteiger partial charge is 0.264 e. The highest BCUT2D eigenvalue weighted by Crippen LogP contribution is 2.39. The van der Waals surface area contributed by atoms with Crippen LogP contribution in [0.4, 0.5) is 15.8 Å². The standard InChI is InChI=1S/C24H20FN3O5S/c1-15-4-2-7-20(25)23(15)24(30)27-17-8-9-22-21(11-17)28(13-18(14-29)33-22)34(31,32)19-6-3-5-16(10-19)12-26/h2-11,18,29H,13-14H2,1H3,(H,27,30). The van der Waals surface area contributed by atoms with Gasteiger partial charge in [-0.25, -0.2) is 12.8 Å². The lowest BCUT2D eigenvalue weighted by Gasteiger charge is -2.35. The van der Waals surface area contributed by atoms with Crippen molar-refractivity contribution in [3.05, 3.63) is 83.2 Å². The van der Waals surface area contributed by atoms with E-state index in [0.29, 0.717) is 5.56 Å². The molecule has 0 aromatic heterocycles. The molecule has 2 N–H and O–H groups in total. The summed E-state index contributed by atoms with van der Waals surface area (Å²) >= 11 is 0. The second-order valence-electron chi connectivity index (χ2n) is 7.67. The first-order valence-electron chi connectivity index (χ1n) is 10.3. The second kappa shape index (κ2) is 9.13. The number of fused-ring (bicyclic) bond motifs is 1. The molecule has 0 spiro atoms. The Labute approximate surface area is 195 Å². The molecule has 1 amide bonds. The number of nitrogens with zero attached hydrogens (tertiary/aromatic N) is 2. The van der Waals surface area contributed by atoms with Crippen molar-refractivity contribution in [2.24, 2.45) is 0 Å². The normalized spacial score (nSPS) is 15.1. The van der Waals surface area contributed by atoms with Crippen molar-refractivity contribution in [2.75, 3.05) is 22.8 Å². The van der Waals surface area contributed by atoms with E-state index in [1.165, 1.54) is 54.6 Å². The van der Waals surface area contributed by atoms with Crippen LogP contribution in [0.25, 0.3) is 0 Å². The molecule has 0 fully saturated rings. The topological polar surface area (TPSA) is 120 Å². The number of aliphatic hydroxyl groups is 1. The van der Waals surface area contributed by atoms with Crippen LogP contribution in [0.5, 0.6) is 5.75 Å². The van der Waals surface area contributed by atoms with Gasteiger partial charge in [0.2, 0.25) is 0 Å². The molecule has 10 heteroatoms. The first kappa shape index (κ1) is 23.2. The van der Waals surface area contributed by atoms with E-state index in [-0.39, 0.29) is 39.7 Å². The van der Waals surface area contributed by atoms with Crippen LogP contribution in [0.1, 0.15) is 21.5 Å². The van der Waals surface area contributed by atoms with Gasteiger partial charge in [0.05, 0.1) is 40.9 Å². The number of aliphatic hydroxyl groups excluding tert-OH is 1. The first-order chi connectivity index (χ1) is 16.2. The van der Waals surface area contributed by atoms with Gasteiger partial charge in [0.15, 0.2) is 0 Å². The van der Waals surface area contributed by atoms with Crippen LogP contribution in [-0.2, 0) is 10.0 Å². The third kappa shape index (κ3) is 4.31. The average Bonchev–Trinajstić information content (AvgIpc) is 2.83. The number of ether oxygens (including phenoxy) is 1. The number of carbonyl (C=O) groups excluding carboxylic acids is 1. The monoisotopic (exact) mass is 481 g/mol. The Morgan fingerprint density at radius 1 is 1.24 bits per heavy atom. The van der Waals surface area contributed by atoms with Gasteiger partial charge in [-0.1, -0.05) is 18.2 Å². The van der Waals surface area contributed by atoms with E-state index in [0.717, 1.165) is 4.31 Å². The van der Waals surface area contributed by atoms with Crippen molar-refractivity contribution >= 4 is 27.3 Å². The molecule has 0 aliphatic carbocycles. The number of rotatable bonds is 5. The second-order valence-corrected chi connectivity index (χ2v) is 9.53. The molecule has 8 nitrogen and oxygen atoms in total. The number of halogens is 1. The predicted molar refractivity (Wildman–Crippen MR) is 123 cm³/mol. The van der Waals surface area contributed by atoms with Crippen LogP contribution < -0.4 is 14.4 Å². The van der Waals surface area contributed by atoms with E-state index in [9.17, 15) is 22.7 Å². The number of hydrogen-bond donors (Lipinski definition) is 2. The summed E-state index contributed by atoms with van der Waals surface area (Å²) in [5, 5.41) is 21.4. The molecule has 0 saturated heterocycles. The molecule has 1 unspecified atom stereocenters. The molecular weight excluding hydrogens is 461 g/mol. The van der Waals surface area contributed by atoms with Crippen molar-refractivity contribution in [1.29, 1.82) is 5.26 Å². The quantitative estimate of drug-likeness (QED) is 0.578. The lowest BCUT2D eigenvalue weighted by molar-refractivity contribution is 0.102. The fourth-order valence-corrected chi connectivity index (χ4v) is 5.22. The van der Waals surface area contributed by atoms with Gasteiger partial charge in [0, 0.05) is 5.69 Å². The molecule has 4 rings (SSSR count). The number of nitriles is 1. The highest BCUT2D eigenvalue weighted by molar-refractivity contribution is 7.92. The lowest BCUT2D eigenvalue weighted by Crippen LogP contribution is -2.45. The van der Waals surface area contributed by atoms with E-state index in [1.54, 1.807) is 13.0 Å². The Kier molecular flexibility index (Phi) is 6.24. The summed E-state index contributed by atoms with van der Waals surface area (Å²) < 4.78 is 47.9. The van der Waals surface area contributed by atoms with E-state index < -0.39 is 34.5 Å². The Bertz CT molecular complexity index is 1400. The summed E-state index contributed by atoms with van der Waals surface area (Å²) in [7, 11) is -4.14. The van der Waals surface area contributed by atoms with Gasteiger partial charge in [-0.15, -0.1) is 0 Å². The van der Waals surface area contributed by atoms with Crippen LogP contribution in [0.2, 0.25) is 0 Å². The van der Waals surface area contributed by atoms with Crippen molar-refractivity contribution in [3.63, 3.8) is 0 Å². The van der Waals surface area contributed by atoms with Crippen molar-refractivity contribution in [2.45, 2.75) is 17.9 Å². The number of aryl methyl sites for hydroxylation is 1. The number of anilines is 2. The van der Waals surface area contributed by atoms with E-state index in [1.807, 2.05) is 6.07 Å². The van der Waals surface area contributed by atoms with Crippen LogP contribution in [0.15, 0.2) is 65.6 Å². The molecule has 0 radical (unpaired) electrons. The molecule has 1 aliphatic rings. The Hall–Kier alpha value is -3.94. The molecular formula is C24H20FN3O5S. The minimum Gasteiger partial charge on any atom is -0.484 e. The van der Waals surface area contributed by atoms with Gasteiger partial charge < -0.3 is 15.2 Å². The van der Waals surface area contributed by atoms with Crippen molar-refractivity contribution in [1.82, 2.24) is 0 Å². The SMILES string of the molecule is Cc1cccc(F)c1C(=O)Nc1ccc2c(c1)N(S(=O)(=O)c1cccc(C#N)c1)CC(CO)O2. The number of nitrogens with one attached hydrogen (secondary N) is 1. The largest absolute Gasteiger partial charge is 0.484 e. The summed E-state index contributed by atoms with van der Waals surface area (Å²) in [6, 6.07) is 16.1. The van der Waals surface area contributed by atoms with Gasteiger partial charge in [-0.2, -0.15) is 5.26 Å². The fraction of sp³-hybridized carbons (Fsp3) is 0.167. The third-order valence-electron chi connectivity index (χ3n) is 5.35. The first-order valence-corrected chi connectivity index (χ1v) is 11.7. The zero-order valence-corrected chi connectivity index (χ0v) is 18.8. The van der Waals surface area contributed by atoms with E-state index in [4.69, 9.17) is 10.00 Å². The average molecular weight is 482 g/mol. The summed E-state index contributed by atoms with van der Waals surface area (Å²) in [6.45, 7) is 0.999. The third-order valence-corrected chi connectivity index (χ3v) is 7.13. The highest BCUT2D eigenvalue weighted by atomic mass is 32.2. The van der Waals surface area contributed by atoms with Crippen LogP contribution in [0, 0.1) is 24.1 Å². The summed E-state index contributed by atoms with van der Waals surface area (Å²) in [4.78, 5) is 12.6. The van der Waals surface area contributed by atoms with Crippen LogP contribution in [0.3, 0.4) is 0 Å². The van der Waals surface area contributed by atoms with Gasteiger partial charge in [0.25, 0.3) is 15.9 Å². The summed E-state index contributed by atoms with van der Waals surface area (Å²) in [5.41, 5.74) is 0.869. The van der Waals surface area contributed by atoms with Gasteiger partial charge in [0.1, 0.15) is 17.7 Å². The number of amides is 1. The Morgan fingerprint density at radius 3 is 2.71 bits per heavy atom. The number of carbonyl (C=O) groups is 1. The summed E-state index contributed by atoms with van der Waals surface area (Å²) in [6.07, 6.45) is -0.817. The Balaban J connectivity index is 1.74. The van der Waals surface area contributed by atoms with E-state index in [2.05, 4.69) is 5.32 Å². The molecule has 3 aromatic rings. The van der Waals surface area contributed by atoms with Crippen molar-refractivity contribution in [3.8, 4) is 11.8 Å². The highest BCUT2D eigenvalue weighted by Gasteiger charge is 2.35. The molecule has 1 aliphatic heterocycles. The molecule has 0 bridgehead atoms. The maximum absolute atomic E-state index is 14.2.